The molecule has 4 atom stereocenters. The molecule has 1 saturated carbocycles. The van der Waals surface area contributed by atoms with E-state index in [1.165, 1.54) is 12.8 Å². The van der Waals surface area contributed by atoms with Gasteiger partial charge in [0.2, 0.25) is 5.91 Å². The summed E-state index contributed by atoms with van der Waals surface area (Å²) in [6.45, 7) is 8.65. The van der Waals surface area contributed by atoms with Gasteiger partial charge in [0.05, 0.1) is 12.2 Å². The Morgan fingerprint density at radius 2 is 2.19 bits per heavy atom. The van der Waals surface area contributed by atoms with E-state index in [0.29, 0.717) is 17.9 Å². The third-order valence-corrected chi connectivity index (χ3v) is 3.86. The van der Waals surface area contributed by atoms with Gasteiger partial charge in [-0.1, -0.05) is 27.2 Å². The molecule has 2 fully saturated rings. The Bertz CT molecular complexity index is 277. The number of nitrogens with zero attached hydrogens (tertiary/aromatic N) is 1. The van der Waals surface area contributed by atoms with E-state index in [4.69, 9.17) is 0 Å². The molecular weight excluding hydrogens is 200 g/mol. The Kier molecular flexibility index (Phi) is 3.24. The van der Waals surface area contributed by atoms with Crippen molar-refractivity contribution in [2.75, 3.05) is 0 Å². The van der Waals surface area contributed by atoms with Crippen LogP contribution in [0.1, 0.15) is 47.0 Å². The van der Waals surface area contributed by atoms with Crippen LogP contribution < -0.4 is 5.32 Å². The lowest BCUT2D eigenvalue weighted by atomic mass is 10.1. The van der Waals surface area contributed by atoms with E-state index in [0.717, 1.165) is 12.3 Å². The maximum atomic E-state index is 12.1. The highest BCUT2D eigenvalue weighted by Gasteiger charge is 2.49. The largest absolute Gasteiger partial charge is 0.323 e. The number of hydrogen-bond donors (Lipinski definition) is 1. The molecule has 92 valence electrons. The van der Waals surface area contributed by atoms with Gasteiger partial charge < -0.3 is 4.90 Å². The molecular formula is C13H24N2O. The molecule has 1 heterocycles. The molecule has 2 rings (SSSR count). The van der Waals surface area contributed by atoms with Crippen LogP contribution in [0.3, 0.4) is 0 Å². The fourth-order valence-electron chi connectivity index (χ4n) is 2.85. The summed E-state index contributed by atoms with van der Waals surface area (Å²) in [5, 5.41) is 3.43. The fraction of sp³-hybridized carbons (Fsp3) is 0.923. The molecule has 16 heavy (non-hydrogen) atoms. The van der Waals surface area contributed by atoms with E-state index in [9.17, 15) is 4.79 Å². The van der Waals surface area contributed by atoms with Crippen molar-refractivity contribution in [2.24, 2.45) is 11.8 Å². The minimum absolute atomic E-state index is 0.0156. The van der Waals surface area contributed by atoms with Crippen LogP contribution in [0.4, 0.5) is 0 Å². The monoisotopic (exact) mass is 224 g/mol. The standard InChI is InChI=1S/C13H24N2O/c1-5-10-7-11(10)15-12(6-8(2)3)14-9(4)13(15)16/h8-12,14H,5-7H2,1-4H3. The minimum Gasteiger partial charge on any atom is -0.323 e. The Morgan fingerprint density at radius 3 is 2.69 bits per heavy atom. The number of hydrogen-bond acceptors (Lipinski definition) is 2. The van der Waals surface area contributed by atoms with Crippen molar-refractivity contribution < 1.29 is 4.79 Å². The van der Waals surface area contributed by atoms with E-state index >= 15 is 0 Å². The van der Waals surface area contributed by atoms with Gasteiger partial charge >= 0.3 is 0 Å². The van der Waals surface area contributed by atoms with Gasteiger partial charge in [-0.2, -0.15) is 0 Å². The van der Waals surface area contributed by atoms with E-state index in [2.05, 4.69) is 31.0 Å². The molecule has 1 amide bonds. The summed E-state index contributed by atoms with van der Waals surface area (Å²) in [6, 6.07) is 0.542. The van der Waals surface area contributed by atoms with Crippen molar-refractivity contribution in [3.63, 3.8) is 0 Å². The number of amides is 1. The van der Waals surface area contributed by atoms with Crippen molar-refractivity contribution in [1.29, 1.82) is 0 Å². The van der Waals surface area contributed by atoms with Gasteiger partial charge in [-0.05, 0) is 31.6 Å². The van der Waals surface area contributed by atoms with Gasteiger partial charge in [0.1, 0.15) is 0 Å². The van der Waals surface area contributed by atoms with Gasteiger partial charge in [-0.15, -0.1) is 0 Å². The Hall–Kier alpha value is -0.570. The van der Waals surface area contributed by atoms with Crippen LogP contribution in [-0.4, -0.2) is 29.1 Å². The summed E-state index contributed by atoms with van der Waals surface area (Å²) in [4.78, 5) is 14.2. The van der Waals surface area contributed by atoms with Gasteiger partial charge in [0.15, 0.2) is 0 Å². The first-order valence-corrected chi connectivity index (χ1v) is 6.62. The average Bonchev–Trinajstić information content (AvgIpc) is 2.90. The molecule has 1 saturated heterocycles. The van der Waals surface area contributed by atoms with Crippen molar-refractivity contribution in [2.45, 2.75) is 65.2 Å². The lowest BCUT2D eigenvalue weighted by molar-refractivity contribution is -0.130. The molecule has 1 aliphatic carbocycles. The lowest BCUT2D eigenvalue weighted by Gasteiger charge is -2.26. The Morgan fingerprint density at radius 1 is 1.50 bits per heavy atom. The number of rotatable bonds is 4. The molecule has 0 aromatic heterocycles. The second-order valence-electron chi connectivity index (χ2n) is 5.75. The van der Waals surface area contributed by atoms with Gasteiger partial charge in [0, 0.05) is 6.04 Å². The van der Waals surface area contributed by atoms with Crippen LogP contribution in [0.15, 0.2) is 0 Å². The molecule has 2 aliphatic rings. The Balaban J connectivity index is 2.03. The maximum absolute atomic E-state index is 12.1. The smallest absolute Gasteiger partial charge is 0.240 e. The summed E-state index contributed by atoms with van der Waals surface area (Å²) >= 11 is 0. The van der Waals surface area contributed by atoms with E-state index in [-0.39, 0.29) is 12.2 Å². The first kappa shape index (κ1) is 11.9. The molecule has 0 bridgehead atoms. The maximum Gasteiger partial charge on any atom is 0.240 e. The third-order valence-electron chi connectivity index (χ3n) is 3.86. The van der Waals surface area contributed by atoms with Crippen molar-refractivity contribution >= 4 is 5.91 Å². The highest BCUT2D eigenvalue weighted by Crippen LogP contribution is 2.41. The molecule has 4 unspecified atom stereocenters. The topological polar surface area (TPSA) is 32.3 Å². The van der Waals surface area contributed by atoms with Gasteiger partial charge in [-0.25, -0.2) is 0 Å². The van der Waals surface area contributed by atoms with Gasteiger partial charge in [0.25, 0.3) is 0 Å². The molecule has 0 aromatic rings. The van der Waals surface area contributed by atoms with Crippen LogP contribution in [0.2, 0.25) is 0 Å². The summed E-state index contributed by atoms with van der Waals surface area (Å²) in [5.74, 6) is 1.70. The normalized spacial score (nSPS) is 38.6. The molecule has 1 aliphatic heterocycles. The zero-order valence-electron chi connectivity index (χ0n) is 10.9. The highest BCUT2D eigenvalue weighted by atomic mass is 16.2. The molecule has 0 radical (unpaired) electrons. The Labute approximate surface area is 98.6 Å². The average molecular weight is 224 g/mol. The van der Waals surface area contributed by atoms with Crippen LogP contribution >= 0.6 is 0 Å². The number of carbonyl (C=O) groups excluding carboxylic acids is 1. The van der Waals surface area contributed by atoms with E-state index in [1.54, 1.807) is 0 Å². The van der Waals surface area contributed by atoms with Crippen LogP contribution in [-0.2, 0) is 4.79 Å². The molecule has 1 N–H and O–H groups in total. The second-order valence-corrected chi connectivity index (χ2v) is 5.75. The number of nitrogens with one attached hydrogen (secondary N) is 1. The molecule has 3 nitrogen and oxygen atoms in total. The zero-order chi connectivity index (χ0) is 11.9. The summed E-state index contributed by atoms with van der Waals surface area (Å²) in [7, 11) is 0. The highest BCUT2D eigenvalue weighted by molar-refractivity contribution is 5.84. The zero-order valence-corrected chi connectivity index (χ0v) is 10.9. The quantitative estimate of drug-likeness (QED) is 0.792. The second kappa shape index (κ2) is 4.36. The van der Waals surface area contributed by atoms with Crippen LogP contribution in [0, 0.1) is 11.8 Å². The fourth-order valence-corrected chi connectivity index (χ4v) is 2.85. The van der Waals surface area contributed by atoms with E-state index in [1.807, 2.05) is 6.92 Å². The summed E-state index contributed by atoms with van der Waals surface area (Å²) < 4.78 is 0. The SMILES string of the molecule is CCC1CC1N1C(=O)C(C)NC1CC(C)C. The molecule has 0 spiro atoms. The van der Waals surface area contributed by atoms with Crippen LogP contribution in [0.5, 0.6) is 0 Å². The molecule has 0 aromatic carbocycles. The first-order valence-electron chi connectivity index (χ1n) is 6.62. The lowest BCUT2D eigenvalue weighted by Crippen LogP contribution is -2.40. The number of carbonyl (C=O) groups is 1. The van der Waals surface area contributed by atoms with Crippen molar-refractivity contribution in [1.82, 2.24) is 10.2 Å². The summed E-state index contributed by atoms with van der Waals surface area (Å²) in [6.07, 6.45) is 3.77. The van der Waals surface area contributed by atoms with Crippen molar-refractivity contribution in [3.8, 4) is 0 Å². The summed E-state index contributed by atoms with van der Waals surface area (Å²) in [5.41, 5.74) is 0. The van der Waals surface area contributed by atoms with Crippen molar-refractivity contribution in [3.05, 3.63) is 0 Å². The van der Waals surface area contributed by atoms with E-state index < -0.39 is 0 Å². The van der Waals surface area contributed by atoms with Crippen LogP contribution in [0.25, 0.3) is 0 Å². The van der Waals surface area contributed by atoms with Gasteiger partial charge in [-0.3, -0.25) is 10.1 Å². The first-order chi connectivity index (χ1) is 7.54. The minimum atomic E-state index is 0.0156. The predicted octanol–water partition coefficient (Wildman–Crippen LogP) is 1.98. The predicted molar refractivity (Wildman–Crippen MR) is 64.9 cm³/mol. The molecule has 3 heteroatoms. The third kappa shape index (κ3) is 2.10.